The van der Waals surface area contributed by atoms with E-state index in [9.17, 15) is 9.59 Å². The number of anilines is 2. The van der Waals surface area contributed by atoms with Crippen LogP contribution in [0.25, 0.3) is 0 Å². The lowest BCUT2D eigenvalue weighted by Gasteiger charge is -2.18. The van der Waals surface area contributed by atoms with Gasteiger partial charge in [0.25, 0.3) is 0 Å². The smallest absolute Gasteiger partial charge is 0.242 e. The van der Waals surface area contributed by atoms with Crippen molar-refractivity contribution in [1.82, 2.24) is 5.32 Å². The van der Waals surface area contributed by atoms with Crippen LogP contribution in [0.5, 0.6) is 5.75 Å². The Labute approximate surface area is 147 Å². The highest BCUT2D eigenvalue weighted by Crippen LogP contribution is 2.28. The van der Waals surface area contributed by atoms with E-state index < -0.39 is 6.04 Å². The number of amides is 2. The Morgan fingerprint density at radius 2 is 1.84 bits per heavy atom. The van der Waals surface area contributed by atoms with Gasteiger partial charge in [-0.3, -0.25) is 9.59 Å². The maximum atomic E-state index is 12.3. The van der Waals surface area contributed by atoms with Crippen LogP contribution >= 0.6 is 0 Å². The average molecular weight is 341 g/mol. The van der Waals surface area contributed by atoms with E-state index >= 15 is 0 Å². The minimum absolute atomic E-state index is 0.129. The summed E-state index contributed by atoms with van der Waals surface area (Å²) in [4.78, 5) is 23.5. The summed E-state index contributed by atoms with van der Waals surface area (Å²) in [5.41, 5.74) is 2.30. The number of methoxy groups -OCH3 is 1. The summed E-state index contributed by atoms with van der Waals surface area (Å²) in [5, 5.41) is 8.72. The quantitative estimate of drug-likeness (QED) is 0.723. The minimum Gasteiger partial charge on any atom is -0.495 e. The normalized spacial score (nSPS) is 11.3. The summed E-state index contributed by atoms with van der Waals surface area (Å²) in [5.74, 6) is 0.303. The van der Waals surface area contributed by atoms with Crippen molar-refractivity contribution in [3.8, 4) is 5.75 Å². The number of hydrogen-bond acceptors (Lipinski definition) is 4. The predicted molar refractivity (Wildman–Crippen MR) is 98.7 cm³/mol. The van der Waals surface area contributed by atoms with Crippen molar-refractivity contribution in [2.75, 3.05) is 17.7 Å². The van der Waals surface area contributed by atoms with Crippen LogP contribution in [-0.4, -0.2) is 25.0 Å². The molecule has 2 aromatic rings. The molecule has 0 radical (unpaired) electrons. The van der Waals surface area contributed by atoms with Gasteiger partial charge >= 0.3 is 0 Å². The van der Waals surface area contributed by atoms with Crippen molar-refractivity contribution >= 4 is 23.2 Å². The fourth-order valence-corrected chi connectivity index (χ4v) is 2.34. The van der Waals surface area contributed by atoms with Gasteiger partial charge < -0.3 is 20.7 Å². The molecule has 1 atom stereocenters. The van der Waals surface area contributed by atoms with E-state index in [4.69, 9.17) is 4.74 Å². The summed E-state index contributed by atoms with van der Waals surface area (Å²) < 4.78 is 5.31. The summed E-state index contributed by atoms with van der Waals surface area (Å²) in [6, 6.07) is 14.5. The molecule has 0 heterocycles. The predicted octanol–water partition coefficient (Wildman–Crippen LogP) is 2.77. The number of benzene rings is 2. The molecule has 132 valence electrons. The van der Waals surface area contributed by atoms with Crippen LogP contribution in [0.3, 0.4) is 0 Å². The van der Waals surface area contributed by atoms with Gasteiger partial charge in [0.05, 0.1) is 12.8 Å². The summed E-state index contributed by atoms with van der Waals surface area (Å²) >= 11 is 0. The van der Waals surface area contributed by atoms with Crippen LogP contribution in [0.15, 0.2) is 48.5 Å². The SMILES string of the molecule is COc1ccc(NC(C)=O)cc1NC(C)C(=O)NCc1ccccc1. The Kier molecular flexibility index (Phi) is 6.39. The third-order valence-electron chi connectivity index (χ3n) is 3.59. The number of hydrogen-bond donors (Lipinski definition) is 3. The zero-order valence-electron chi connectivity index (χ0n) is 14.6. The Bertz CT molecular complexity index is 732. The van der Waals surface area contributed by atoms with Gasteiger partial charge in [-0.05, 0) is 30.7 Å². The number of carbonyl (C=O) groups excluding carboxylic acids is 2. The van der Waals surface area contributed by atoms with Gasteiger partial charge in [0.1, 0.15) is 11.8 Å². The van der Waals surface area contributed by atoms with E-state index in [1.165, 1.54) is 6.92 Å². The lowest BCUT2D eigenvalue weighted by atomic mass is 10.2. The molecule has 0 aliphatic heterocycles. The van der Waals surface area contributed by atoms with Crippen LogP contribution in [0, 0.1) is 0 Å². The van der Waals surface area contributed by atoms with E-state index in [2.05, 4.69) is 16.0 Å². The third-order valence-corrected chi connectivity index (χ3v) is 3.59. The highest BCUT2D eigenvalue weighted by molar-refractivity contribution is 5.90. The van der Waals surface area contributed by atoms with Gasteiger partial charge in [0.15, 0.2) is 0 Å². The second kappa shape index (κ2) is 8.73. The standard InChI is InChI=1S/C19H23N3O3/c1-13(19(24)20-12-15-7-5-4-6-8-15)21-17-11-16(22-14(2)23)9-10-18(17)25-3/h4-11,13,21H,12H2,1-3H3,(H,20,24)(H,22,23). The lowest BCUT2D eigenvalue weighted by Crippen LogP contribution is -2.37. The second-order valence-corrected chi connectivity index (χ2v) is 5.67. The van der Waals surface area contributed by atoms with Crippen LogP contribution in [-0.2, 0) is 16.1 Å². The molecule has 2 rings (SSSR count). The van der Waals surface area contributed by atoms with Crippen molar-refractivity contribution in [2.24, 2.45) is 0 Å². The molecule has 6 nitrogen and oxygen atoms in total. The average Bonchev–Trinajstić information content (AvgIpc) is 2.60. The first-order chi connectivity index (χ1) is 12.0. The monoisotopic (exact) mass is 341 g/mol. The first-order valence-corrected chi connectivity index (χ1v) is 8.03. The number of ether oxygens (including phenoxy) is 1. The summed E-state index contributed by atoms with van der Waals surface area (Å²) in [6.07, 6.45) is 0. The van der Waals surface area contributed by atoms with Crippen molar-refractivity contribution in [3.63, 3.8) is 0 Å². The van der Waals surface area contributed by atoms with Crippen molar-refractivity contribution < 1.29 is 14.3 Å². The molecule has 2 aromatic carbocycles. The molecular weight excluding hydrogens is 318 g/mol. The Morgan fingerprint density at radius 3 is 2.48 bits per heavy atom. The number of rotatable bonds is 7. The van der Waals surface area contributed by atoms with Crippen LogP contribution in [0.2, 0.25) is 0 Å². The molecule has 0 saturated carbocycles. The molecule has 0 fully saturated rings. The van der Waals surface area contributed by atoms with E-state index in [1.54, 1.807) is 32.2 Å². The molecule has 25 heavy (non-hydrogen) atoms. The minimum atomic E-state index is -0.467. The Morgan fingerprint density at radius 1 is 1.12 bits per heavy atom. The maximum absolute atomic E-state index is 12.3. The molecule has 0 aliphatic carbocycles. The van der Waals surface area contributed by atoms with Gasteiger partial charge in [-0.25, -0.2) is 0 Å². The highest BCUT2D eigenvalue weighted by Gasteiger charge is 2.15. The zero-order chi connectivity index (χ0) is 18.2. The van der Waals surface area contributed by atoms with Crippen LogP contribution in [0.4, 0.5) is 11.4 Å². The second-order valence-electron chi connectivity index (χ2n) is 5.67. The molecular formula is C19H23N3O3. The topological polar surface area (TPSA) is 79.5 Å². The van der Waals surface area contributed by atoms with Gasteiger partial charge in [-0.2, -0.15) is 0 Å². The molecule has 0 bridgehead atoms. The van der Waals surface area contributed by atoms with E-state index in [0.29, 0.717) is 23.7 Å². The first kappa shape index (κ1) is 18.3. The first-order valence-electron chi connectivity index (χ1n) is 8.03. The largest absolute Gasteiger partial charge is 0.495 e. The van der Waals surface area contributed by atoms with E-state index in [0.717, 1.165) is 5.56 Å². The molecule has 3 N–H and O–H groups in total. The van der Waals surface area contributed by atoms with Gasteiger partial charge in [0, 0.05) is 19.2 Å². The van der Waals surface area contributed by atoms with Gasteiger partial charge in [-0.15, -0.1) is 0 Å². The molecule has 0 saturated heterocycles. The molecule has 0 spiro atoms. The van der Waals surface area contributed by atoms with E-state index in [-0.39, 0.29) is 11.8 Å². The Hall–Kier alpha value is -3.02. The van der Waals surface area contributed by atoms with Crippen molar-refractivity contribution in [2.45, 2.75) is 26.4 Å². The number of carbonyl (C=O) groups is 2. The number of nitrogens with one attached hydrogen (secondary N) is 3. The van der Waals surface area contributed by atoms with Crippen molar-refractivity contribution in [1.29, 1.82) is 0 Å². The van der Waals surface area contributed by atoms with Crippen molar-refractivity contribution in [3.05, 3.63) is 54.1 Å². The van der Waals surface area contributed by atoms with Gasteiger partial charge in [-0.1, -0.05) is 30.3 Å². The third kappa shape index (κ3) is 5.53. The Balaban J connectivity index is 2.01. The summed E-state index contributed by atoms with van der Waals surface area (Å²) in [6.45, 7) is 3.68. The highest BCUT2D eigenvalue weighted by atomic mass is 16.5. The molecule has 0 aromatic heterocycles. The molecule has 6 heteroatoms. The summed E-state index contributed by atoms with van der Waals surface area (Å²) in [7, 11) is 1.55. The lowest BCUT2D eigenvalue weighted by molar-refractivity contribution is -0.121. The molecule has 2 amide bonds. The maximum Gasteiger partial charge on any atom is 0.242 e. The van der Waals surface area contributed by atoms with E-state index in [1.807, 2.05) is 30.3 Å². The fraction of sp³-hybridized carbons (Fsp3) is 0.263. The fourth-order valence-electron chi connectivity index (χ4n) is 2.34. The van der Waals surface area contributed by atoms with Crippen LogP contribution in [0.1, 0.15) is 19.4 Å². The zero-order valence-corrected chi connectivity index (χ0v) is 14.6. The molecule has 0 aliphatic rings. The molecule has 1 unspecified atom stereocenters. The van der Waals surface area contributed by atoms with Crippen LogP contribution < -0.4 is 20.7 Å². The van der Waals surface area contributed by atoms with Gasteiger partial charge in [0.2, 0.25) is 11.8 Å².